The van der Waals surface area contributed by atoms with Gasteiger partial charge in [0.25, 0.3) is 0 Å². The third kappa shape index (κ3) is 11.3. The van der Waals surface area contributed by atoms with Crippen molar-refractivity contribution in [1.82, 2.24) is 9.88 Å². The van der Waals surface area contributed by atoms with Crippen LogP contribution >= 0.6 is 0 Å². The van der Waals surface area contributed by atoms with Gasteiger partial charge in [-0.05, 0) is 38.1 Å². The van der Waals surface area contributed by atoms with E-state index in [9.17, 15) is 5.11 Å². The van der Waals surface area contributed by atoms with Crippen molar-refractivity contribution in [2.45, 2.75) is 103 Å². The first-order valence-electron chi connectivity index (χ1n) is 13.1. The smallest absolute Gasteiger partial charge is 0.0942 e. The molecule has 1 N–H and O–H groups in total. The molecule has 184 valence electrons. The van der Waals surface area contributed by atoms with Crippen molar-refractivity contribution in [3.8, 4) is 0 Å². The molecule has 0 spiro atoms. The normalized spacial score (nSPS) is 13.4. The number of hydrogen-bond donors (Lipinski definition) is 1. The highest BCUT2D eigenvalue weighted by atomic mass is 16.5. The molecule has 0 saturated heterocycles. The largest absolute Gasteiger partial charge is 0.387 e. The van der Waals surface area contributed by atoms with Crippen LogP contribution < -0.4 is 0 Å². The molecule has 4 nitrogen and oxygen atoms in total. The van der Waals surface area contributed by atoms with Crippen LogP contribution in [0.15, 0.2) is 48.5 Å². The lowest BCUT2D eigenvalue weighted by atomic mass is 10.0. The van der Waals surface area contributed by atoms with Gasteiger partial charge in [-0.25, -0.2) is 0 Å². The highest BCUT2D eigenvalue weighted by Crippen LogP contribution is 2.21. The van der Waals surface area contributed by atoms with E-state index in [0.29, 0.717) is 13.2 Å². The number of nitrogens with zero attached hydrogens (tertiary/aromatic N) is 2. The Hall–Kier alpha value is -1.75. The SMILES string of the molecule is CCCCCCCCCCCCOCc1cccc(CN(C)[C@@H](C)[C@@H](O)c2ccccc2)n1. The highest BCUT2D eigenvalue weighted by molar-refractivity contribution is 5.19. The second-order valence-electron chi connectivity index (χ2n) is 9.37. The zero-order chi connectivity index (χ0) is 23.7. The summed E-state index contributed by atoms with van der Waals surface area (Å²) in [4.78, 5) is 6.92. The van der Waals surface area contributed by atoms with Crippen LogP contribution in [0.2, 0.25) is 0 Å². The molecule has 0 aliphatic carbocycles. The Morgan fingerprint density at radius 1 is 0.818 bits per heavy atom. The zero-order valence-electron chi connectivity index (χ0n) is 21.2. The van der Waals surface area contributed by atoms with Crippen molar-refractivity contribution in [1.29, 1.82) is 0 Å². The molecular weight excluding hydrogens is 408 g/mol. The summed E-state index contributed by atoms with van der Waals surface area (Å²) in [5.41, 5.74) is 2.92. The van der Waals surface area contributed by atoms with E-state index in [1.165, 1.54) is 57.8 Å². The number of ether oxygens (including phenoxy) is 1. The molecule has 0 aliphatic rings. The standard InChI is InChI=1S/C29H46N2O2/c1-4-5-6-7-8-9-10-11-12-16-22-33-24-28-21-17-20-27(30-28)23-31(3)25(2)29(32)26-18-14-13-15-19-26/h13-15,17-21,25,29,32H,4-12,16,22-24H2,1-3H3/t25-,29+/m0/s1. The lowest BCUT2D eigenvalue weighted by Crippen LogP contribution is -2.34. The summed E-state index contributed by atoms with van der Waals surface area (Å²) < 4.78 is 5.88. The monoisotopic (exact) mass is 454 g/mol. The molecule has 0 unspecified atom stereocenters. The molecule has 1 heterocycles. The van der Waals surface area contributed by atoms with Crippen LogP contribution in [-0.2, 0) is 17.9 Å². The minimum atomic E-state index is -0.524. The summed E-state index contributed by atoms with van der Waals surface area (Å²) in [7, 11) is 2.03. The van der Waals surface area contributed by atoms with Gasteiger partial charge in [0.1, 0.15) is 0 Å². The van der Waals surface area contributed by atoms with Gasteiger partial charge >= 0.3 is 0 Å². The van der Waals surface area contributed by atoms with Crippen LogP contribution in [0.1, 0.15) is 101 Å². The average Bonchev–Trinajstić information content (AvgIpc) is 2.84. The maximum Gasteiger partial charge on any atom is 0.0942 e. The van der Waals surface area contributed by atoms with E-state index in [4.69, 9.17) is 9.72 Å². The van der Waals surface area contributed by atoms with Gasteiger partial charge in [0.15, 0.2) is 0 Å². The summed E-state index contributed by atoms with van der Waals surface area (Å²) in [6.07, 6.45) is 12.9. The van der Waals surface area contributed by atoms with E-state index in [0.717, 1.165) is 30.0 Å². The summed E-state index contributed by atoms with van der Waals surface area (Å²) in [5.74, 6) is 0. The van der Waals surface area contributed by atoms with Crippen molar-refractivity contribution in [2.75, 3.05) is 13.7 Å². The molecule has 33 heavy (non-hydrogen) atoms. The number of pyridine rings is 1. The van der Waals surface area contributed by atoms with Gasteiger partial charge < -0.3 is 9.84 Å². The fraction of sp³-hybridized carbons (Fsp3) is 0.621. The van der Waals surface area contributed by atoms with Crippen LogP contribution in [0.25, 0.3) is 0 Å². The van der Waals surface area contributed by atoms with E-state index >= 15 is 0 Å². The average molecular weight is 455 g/mol. The summed E-state index contributed by atoms with van der Waals surface area (Å²) in [5, 5.41) is 10.7. The third-order valence-electron chi connectivity index (χ3n) is 6.46. The number of rotatable bonds is 18. The number of unbranched alkanes of at least 4 members (excludes halogenated alkanes) is 9. The molecule has 0 saturated carbocycles. The number of benzene rings is 1. The Bertz CT molecular complexity index is 737. The first-order chi connectivity index (χ1) is 16.1. The number of aromatic nitrogens is 1. The van der Waals surface area contributed by atoms with Gasteiger partial charge in [-0.1, -0.05) is 101 Å². The Morgan fingerprint density at radius 3 is 2.09 bits per heavy atom. The predicted octanol–water partition coefficient (Wildman–Crippen LogP) is 7.07. The fourth-order valence-electron chi connectivity index (χ4n) is 4.14. The van der Waals surface area contributed by atoms with E-state index in [2.05, 4.69) is 18.7 Å². The van der Waals surface area contributed by atoms with Gasteiger partial charge in [-0.2, -0.15) is 0 Å². The summed E-state index contributed by atoms with van der Waals surface area (Å²) in [6, 6.07) is 16.0. The van der Waals surface area contributed by atoms with Crippen molar-refractivity contribution in [3.05, 3.63) is 65.5 Å². The molecule has 0 fully saturated rings. The Labute approximate surface area is 202 Å². The predicted molar refractivity (Wildman–Crippen MR) is 138 cm³/mol. The molecule has 0 amide bonds. The maximum absolute atomic E-state index is 10.7. The first kappa shape index (κ1) is 27.5. The van der Waals surface area contributed by atoms with Crippen molar-refractivity contribution in [2.24, 2.45) is 0 Å². The quantitative estimate of drug-likeness (QED) is 0.245. The number of hydrogen-bond acceptors (Lipinski definition) is 4. The molecule has 1 aromatic carbocycles. The van der Waals surface area contributed by atoms with Crippen LogP contribution in [0.3, 0.4) is 0 Å². The summed E-state index contributed by atoms with van der Waals surface area (Å²) in [6.45, 7) is 6.39. The van der Waals surface area contributed by atoms with E-state index in [-0.39, 0.29) is 6.04 Å². The molecule has 0 radical (unpaired) electrons. The van der Waals surface area contributed by atoms with Crippen LogP contribution in [0.5, 0.6) is 0 Å². The third-order valence-corrected chi connectivity index (χ3v) is 6.46. The van der Waals surface area contributed by atoms with Crippen molar-refractivity contribution >= 4 is 0 Å². The van der Waals surface area contributed by atoms with Gasteiger partial charge in [-0.15, -0.1) is 0 Å². The van der Waals surface area contributed by atoms with Gasteiger partial charge in [0.05, 0.1) is 24.1 Å². The van der Waals surface area contributed by atoms with Crippen molar-refractivity contribution in [3.63, 3.8) is 0 Å². The first-order valence-corrected chi connectivity index (χ1v) is 13.1. The topological polar surface area (TPSA) is 45.6 Å². The molecule has 0 aliphatic heterocycles. The molecule has 2 aromatic rings. The lowest BCUT2D eigenvalue weighted by molar-refractivity contribution is 0.0680. The summed E-state index contributed by atoms with van der Waals surface area (Å²) >= 11 is 0. The minimum Gasteiger partial charge on any atom is -0.387 e. The number of aliphatic hydroxyl groups is 1. The Morgan fingerprint density at radius 2 is 1.42 bits per heavy atom. The van der Waals surface area contributed by atoms with E-state index < -0.39 is 6.10 Å². The fourth-order valence-corrected chi connectivity index (χ4v) is 4.14. The van der Waals surface area contributed by atoms with Gasteiger partial charge in [0.2, 0.25) is 0 Å². The van der Waals surface area contributed by atoms with Crippen molar-refractivity contribution < 1.29 is 9.84 Å². The molecule has 2 rings (SSSR count). The molecular formula is C29H46N2O2. The second-order valence-corrected chi connectivity index (χ2v) is 9.37. The van der Waals surface area contributed by atoms with Crippen LogP contribution in [0, 0.1) is 0 Å². The van der Waals surface area contributed by atoms with Gasteiger partial charge in [0, 0.05) is 19.2 Å². The van der Waals surface area contributed by atoms with Crippen LogP contribution in [-0.4, -0.2) is 34.7 Å². The molecule has 2 atom stereocenters. The second kappa shape index (κ2) is 16.8. The number of likely N-dealkylation sites (N-methyl/N-ethyl adjacent to an activating group) is 1. The Balaban J connectivity index is 1.61. The number of aliphatic hydroxyl groups excluding tert-OH is 1. The Kier molecular flexibility index (Phi) is 14.0. The molecule has 0 bridgehead atoms. The lowest BCUT2D eigenvalue weighted by Gasteiger charge is -2.29. The minimum absolute atomic E-state index is 0.00885. The van der Waals surface area contributed by atoms with Gasteiger partial charge in [-0.3, -0.25) is 9.88 Å². The zero-order valence-corrected chi connectivity index (χ0v) is 21.2. The van der Waals surface area contributed by atoms with E-state index in [1.54, 1.807) is 0 Å². The van der Waals surface area contributed by atoms with Crippen LogP contribution in [0.4, 0.5) is 0 Å². The van der Waals surface area contributed by atoms with E-state index in [1.807, 2.05) is 55.6 Å². The molecule has 1 aromatic heterocycles. The maximum atomic E-state index is 10.7. The molecule has 4 heteroatoms. The highest BCUT2D eigenvalue weighted by Gasteiger charge is 2.20.